The highest BCUT2D eigenvalue weighted by molar-refractivity contribution is 6.31. The zero-order chi connectivity index (χ0) is 15.8. The summed E-state index contributed by atoms with van der Waals surface area (Å²) in [7, 11) is 0. The van der Waals surface area contributed by atoms with E-state index in [1.807, 2.05) is 42.5 Å². The van der Waals surface area contributed by atoms with Gasteiger partial charge >= 0.3 is 0 Å². The molecule has 114 valence electrons. The standard InChI is InChI=1S/C19H15ClN2O/c1-13-5-2-3-7-16(13)19-21-17-9-8-14(20)11-18(17)22(19)12-15-6-4-10-23-15/h2-11H,12H2,1H3. The molecule has 0 unspecified atom stereocenters. The minimum Gasteiger partial charge on any atom is -0.467 e. The van der Waals surface area contributed by atoms with Gasteiger partial charge in [-0.1, -0.05) is 35.9 Å². The highest BCUT2D eigenvalue weighted by Gasteiger charge is 2.15. The topological polar surface area (TPSA) is 31.0 Å². The van der Waals surface area contributed by atoms with Crippen molar-refractivity contribution < 1.29 is 4.42 Å². The fourth-order valence-corrected chi connectivity index (χ4v) is 3.01. The van der Waals surface area contributed by atoms with Crippen LogP contribution in [-0.4, -0.2) is 9.55 Å². The van der Waals surface area contributed by atoms with Crippen molar-refractivity contribution in [3.05, 3.63) is 77.2 Å². The minimum absolute atomic E-state index is 0.619. The van der Waals surface area contributed by atoms with Gasteiger partial charge in [0, 0.05) is 10.6 Å². The molecule has 0 saturated heterocycles. The molecule has 0 amide bonds. The summed E-state index contributed by atoms with van der Waals surface area (Å²) in [6.45, 7) is 2.71. The molecule has 4 aromatic rings. The van der Waals surface area contributed by atoms with E-state index >= 15 is 0 Å². The summed E-state index contributed by atoms with van der Waals surface area (Å²) in [4.78, 5) is 4.83. The monoisotopic (exact) mass is 322 g/mol. The Morgan fingerprint density at radius 1 is 1.09 bits per heavy atom. The summed E-state index contributed by atoms with van der Waals surface area (Å²) >= 11 is 6.19. The summed E-state index contributed by atoms with van der Waals surface area (Å²) in [6.07, 6.45) is 1.69. The van der Waals surface area contributed by atoms with Crippen molar-refractivity contribution in [1.29, 1.82) is 0 Å². The van der Waals surface area contributed by atoms with Gasteiger partial charge in [0.15, 0.2) is 0 Å². The van der Waals surface area contributed by atoms with Gasteiger partial charge in [0.1, 0.15) is 11.6 Å². The van der Waals surface area contributed by atoms with Crippen LogP contribution in [0.15, 0.2) is 65.3 Å². The number of hydrogen-bond acceptors (Lipinski definition) is 2. The molecule has 2 aromatic carbocycles. The fraction of sp³-hybridized carbons (Fsp3) is 0.105. The lowest BCUT2D eigenvalue weighted by Crippen LogP contribution is -2.02. The Labute approximate surface area is 139 Å². The summed E-state index contributed by atoms with van der Waals surface area (Å²) < 4.78 is 7.68. The summed E-state index contributed by atoms with van der Waals surface area (Å²) in [5.41, 5.74) is 4.24. The van der Waals surface area contributed by atoms with Crippen LogP contribution in [0.4, 0.5) is 0 Å². The molecule has 0 aliphatic rings. The lowest BCUT2D eigenvalue weighted by Gasteiger charge is -2.10. The number of aromatic nitrogens is 2. The van der Waals surface area contributed by atoms with Crippen molar-refractivity contribution in [1.82, 2.24) is 9.55 Å². The van der Waals surface area contributed by atoms with E-state index in [-0.39, 0.29) is 0 Å². The molecule has 0 radical (unpaired) electrons. The van der Waals surface area contributed by atoms with E-state index in [0.717, 1.165) is 28.2 Å². The lowest BCUT2D eigenvalue weighted by molar-refractivity contribution is 0.497. The Morgan fingerprint density at radius 2 is 1.96 bits per heavy atom. The fourth-order valence-electron chi connectivity index (χ4n) is 2.84. The maximum absolute atomic E-state index is 6.19. The van der Waals surface area contributed by atoms with Crippen LogP contribution in [0.2, 0.25) is 5.02 Å². The second kappa shape index (κ2) is 5.60. The average Bonchev–Trinajstić information content (AvgIpc) is 3.17. The Bertz CT molecular complexity index is 970. The highest BCUT2D eigenvalue weighted by Crippen LogP contribution is 2.29. The molecule has 2 aromatic heterocycles. The minimum atomic E-state index is 0.619. The van der Waals surface area contributed by atoms with Gasteiger partial charge in [-0.2, -0.15) is 0 Å². The van der Waals surface area contributed by atoms with Gasteiger partial charge in [0.25, 0.3) is 0 Å². The van der Waals surface area contributed by atoms with Gasteiger partial charge < -0.3 is 8.98 Å². The number of imidazole rings is 1. The zero-order valence-corrected chi connectivity index (χ0v) is 13.4. The van der Waals surface area contributed by atoms with Crippen molar-refractivity contribution in [3.8, 4) is 11.4 Å². The Balaban J connectivity index is 1.97. The van der Waals surface area contributed by atoms with Crippen molar-refractivity contribution in [2.75, 3.05) is 0 Å². The number of aryl methyl sites for hydroxylation is 1. The summed E-state index contributed by atoms with van der Waals surface area (Å²) in [6, 6.07) is 17.9. The van der Waals surface area contributed by atoms with Crippen LogP contribution in [0.25, 0.3) is 22.4 Å². The molecule has 0 saturated carbocycles. The van der Waals surface area contributed by atoms with Crippen LogP contribution < -0.4 is 0 Å². The second-order valence-corrected chi connectivity index (χ2v) is 5.99. The molecule has 0 fully saturated rings. The van der Waals surface area contributed by atoms with Crippen LogP contribution in [0.5, 0.6) is 0 Å². The van der Waals surface area contributed by atoms with Gasteiger partial charge in [0.2, 0.25) is 0 Å². The molecule has 2 heterocycles. The molecule has 0 aliphatic heterocycles. The third-order valence-electron chi connectivity index (χ3n) is 3.99. The highest BCUT2D eigenvalue weighted by atomic mass is 35.5. The third kappa shape index (κ3) is 2.53. The molecule has 0 N–H and O–H groups in total. The lowest BCUT2D eigenvalue weighted by atomic mass is 10.1. The van der Waals surface area contributed by atoms with Gasteiger partial charge in [0.05, 0.1) is 23.8 Å². The van der Waals surface area contributed by atoms with Crippen LogP contribution in [0, 0.1) is 6.92 Å². The van der Waals surface area contributed by atoms with E-state index in [4.69, 9.17) is 21.0 Å². The number of benzene rings is 2. The number of hydrogen-bond donors (Lipinski definition) is 0. The first-order valence-electron chi connectivity index (χ1n) is 7.46. The zero-order valence-electron chi connectivity index (χ0n) is 12.7. The summed E-state index contributed by atoms with van der Waals surface area (Å²) in [5, 5.41) is 0.703. The van der Waals surface area contributed by atoms with Gasteiger partial charge in [-0.25, -0.2) is 4.98 Å². The van der Waals surface area contributed by atoms with Crippen LogP contribution in [0.3, 0.4) is 0 Å². The molecule has 4 heteroatoms. The molecule has 3 nitrogen and oxygen atoms in total. The number of furan rings is 1. The van der Waals surface area contributed by atoms with Crippen molar-refractivity contribution >= 4 is 22.6 Å². The maximum Gasteiger partial charge on any atom is 0.141 e. The van der Waals surface area contributed by atoms with Crippen molar-refractivity contribution in [2.45, 2.75) is 13.5 Å². The SMILES string of the molecule is Cc1ccccc1-c1nc2ccc(Cl)cc2n1Cc1ccco1. The Morgan fingerprint density at radius 3 is 2.74 bits per heavy atom. The van der Waals surface area contributed by atoms with Gasteiger partial charge in [-0.05, 0) is 42.8 Å². The number of halogens is 1. The molecule has 0 atom stereocenters. The van der Waals surface area contributed by atoms with Gasteiger partial charge in [-0.3, -0.25) is 0 Å². The Hall–Kier alpha value is -2.52. The molecule has 4 rings (SSSR count). The van der Waals surface area contributed by atoms with E-state index < -0.39 is 0 Å². The smallest absolute Gasteiger partial charge is 0.141 e. The van der Waals surface area contributed by atoms with Crippen molar-refractivity contribution in [2.24, 2.45) is 0 Å². The first-order valence-corrected chi connectivity index (χ1v) is 7.84. The molecular weight excluding hydrogens is 308 g/mol. The van der Waals surface area contributed by atoms with E-state index in [2.05, 4.69) is 23.6 Å². The molecule has 23 heavy (non-hydrogen) atoms. The van der Waals surface area contributed by atoms with E-state index in [9.17, 15) is 0 Å². The van der Waals surface area contributed by atoms with Crippen LogP contribution >= 0.6 is 11.6 Å². The predicted octanol–water partition coefficient (Wildman–Crippen LogP) is 5.31. The number of fused-ring (bicyclic) bond motifs is 1. The largest absolute Gasteiger partial charge is 0.467 e. The molecule has 0 spiro atoms. The van der Waals surface area contributed by atoms with Gasteiger partial charge in [-0.15, -0.1) is 0 Å². The molecular formula is C19H15ClN2O. The van der Waals surface area contributed by atoms with E-state index in [1.54, 1.807) is 6.26 Å². The van der Waals surface area contributed by atoms with E-state index in [1.165, 1.54) is 5.56 Å². The number of nitrogens with zero attached hydrogens (tertiary/aromatic N) is 2. The van der Waals surface area contributed by atoms with E-state index in [0.29, 0.717) is 11.6 Å². The normalized spacial score (nSPS) is 11.2. The molecule has 0 aliphatic carbocycles. The second-order valence-electron chi connectivity index (χ2n) is 5.55. The number of rotatable bonds is 3. The summed E-state index contributed by atoms with van der Waals surface area (Å²) in [5.74, 6) is 1.82. The Kier molecular flexibility index (Phi) is 3.43. The first kappa shape index (κ1) is 14.1. The first-order chi connectivity index (χ1) is 11.2. The third-order valence-corrected chi connectivity index (χ3v) is 4.23. The van der Waals surface area contributed by atoms with Crippen LogP contribution in [0.1, 0.15) is 11.3 Å². The predicted molar refractivity (Wildman–Crippen MR) is 92.7 cm³/mol. The average molecular weight is 323 g/mol. The quantitative estimate of drug-likeness (QED) is 0.512. The van der Waals surface area contributed by atoms with Crippen molar-refractivity contribution in [3.63, 3.8) is 0 Å². The molecule has 0 bridgehead atoms. The van der Waals surface area contributed by atoms with Crippen LogP contribution in [-0.2, 0) is 6.54 Å². The maximum atomic E-state index is 6.19.